The molecule has 4 heteroatoms. The Balaban J connectivity index is 1.65. The maximum absolute atomic E-state index is 15.6. The van der Waals surface area contributed by atoms with Crippen LogP contribution in [0.2, 0.25) is 0 Å². The van der Waals surface area contributed by atoms with Crippen molar-refractivity contribution >= 4 is 72.2 Å². The minimum Gasteiger partial charge on any atom is -0.309 e. The van der Waals surface area contributed by atoms with E-state index in [1.165, 1.54) is 0 Å². The molecule has 0 radical (unpaired) electrons. The van der Waals surface area contributed by atoms with Gasteiger partial charge in [-0.15, -0.1) is 0 Å². The van der Waals surface area contributed by atoms with E-state index in [1.807, 2.05) is 72.8 Å². The average molecular weight is 519 g/mol. The topological polar surface area (TPSA) is 34.4 Å². The van der Waals surface area contributed by atoms with Gasteiger partial charge >= 0.3 is 0 Å². The number of fused-ring (bicyclic) bond motifs is 10. The zero-order chi connectivity index (χ0) is 26.0. The number of imidazole rings is 1. The minimum atomic E-state index is -3.24. The van der Waals surface area contributed by atoms with Crippen molar-refractivity contribution in [3.05, 3.63) is 140 Å². The van der Waals surface area contributed by atoms with Crippen LogP contribution in [0.25, 0.3) is 49.1 Å². The second kappa shape index (κ2) is 8.39. The molecule has 0 N–H and O–H groups in total. The molecule has 0 bridgehead atoms. The second-order valence-corrected chi connectivity index (χ2v) is 12.7. The zero-order valence-corrected chi connectivity index (χ0v) is 21.9. The Morgan fingerprint density at radius 3 is 1.90 bits per heavy atom. The van der Waals surface area contributed by atoms with Crippen molar-refractivity contribution in [2.45, 2.75) is 0 Å². The summed E-state index contributed by atoms with van der Waals surface area (Å²) in [5.41, 5.74) is 4.00. The highest BCUT2D eigenvalue weighted by Crippen LogP contribution is 2.46. The Morgan fingerprint density at radius 1 is 0.513 bits per heavy atom. The van der Waals surface area contributed by atoms with Crippen molar-refractivity contribution < 1.29 is 4.57 Å². The van der Waals surface area contributed by atoms with E-state index in [4.69, 9.17) is 4.98 Å². The predicted octanol–water partition coefficient (Wildman–Crippen LogP) is 7.59. The van der Waals surface area contributed by atoms with Crippen LogP contribution in [0.1, 0.15) is 0 Å². The molecule has 0 aliphatic heterocycles. The van der Waals surface area contributed by atoms with E-state index in [9.17, 15) is 0 Å². The van der Waals surface area contributed by atoms with Crippen LogP contribution < -0.4 is 15.9 Å². The van der Waals surface area contributed by atoms with E-state index in [0.29, 0.717) is 0 Å². The van der Waals surface area contributed by atoms with Crippen molar-refractivity contribution in [1.29, 1.82) is 0 Å². The first kappa shape index (κ1) is 22.3. The predicted molar refractivity (Wildman–Crippen MR) is 165 cm³/mol. The SMILES string of the molecule is O=P(c1ccccc1)(c1ccccc1)c1cccc2ccc3c4ccccc4n4c5ccccc5nc4c3c12. The van der Waals surface area contributed by atoms with Crippen LogP contribution in [-0.4, -0.2) is 9.38 Å². The number of hydrogen-bond acceptors (Lipinski definition) is 2. The van der Waals surface area contributed by atoms with Crippen LogP contribution in [0.15, 0.2) is 140 Å². The molecule has 8 aromatic rings. The molecule has 2 aromatic heterocycles. The van der Waals surface area contributed by atoms with Gasteiger partial charge < -0.3 is 4.57 Å². The Bertz CT molecular complexity index is 2210. The molecule has 6 aromatic carbocycles. The molecule has 3 nitrogen and oxygen atoms in total. The number of hydrogen-bond donors (Lipinski definition) is 0. The van der Waals surface area contributed by atoms with Gasteiger partial charge in [-0.1, -0.05) is 121 Å². The van der Waals surface area contributed by atoms with Gasteiger partial charge in [0, 0.05) is 32.1 Å². The van der Waals surface area contributed by atoms with Gasteiger partial charge in [-0.25, -0.2) is 4.98 Å². The number of nitrogens with zero attached hydrogens (tertiary/aromatic N) is 2. The molecule has 39 heavy (non-hydrogen) atoms. The maximum Gasteiger partial charge on any atom is 0.171 e. The minimum absolute atomic E-state index is 0.825. The fraction of sp³-hybridized carbons (Fsp3) is 0. The van der Waals surface area contributed by atoms with Gasteiger partial charge in [-0.3, -0.25) is 4.40 Å². The highest BCUT2D eigenvalue weighted by atomic mass is 31.2. The lowest BCUT2D eigenvalue weighted by Gasteiger charge is -2.23. The summed E-state index contributed by atoms with van der Waals surface area (Å²) in [4.78, 5) is 5.19. The van der Waals surface area contributed by atoms with Crippen LogP contribution in [0.4, 0.5) is 0 Å². The van der Waals surface area contributed by atoms with Crippen LogP contribution >= 0.6 is 7.14 Å². The van der Waals surface area contributed by atoms with E-state index in [2.05, 4.69) is 71.1 Å². The zero-order valence-electron chi connectivity index (χ0n) is 21.0. The lowest BCUT2D eigenvalue weighted by atomic mass is 9.99. The average Bonchev–Trinajstić information content (AvgIpc) is 3.41. The first-order valence-corrected chi connectivity index (χ1v) is 14.8. The van der Waals surface area contributed by atoms with E-state index < -0.39 is 7.14 Å². The molecule has 0 fully saturated rings. The molecule has 0 saturated heterocycles. The number of aromatic nitrogens is 2. The van der Waals surface area contributed by atoms with Crippen LogP contribution in [0.5, 0.6) is 0 Å². The smallest absolute Gasteiger partial charge is 0.171 e. The van der Waals surface area contributed by atoms with Crippen LogP contribution in [0.3, 0.4) is 0 Å². The summed E-state index contributed by atoms with van der Waals surface area (Å²) < 4.78 is 17.9. The first-order valence-electron chi connectivity index (χ1n) is 13.1. The van der Waals surface area contributed by atoms with Gasteiger partial charge in [0.25, 0.3) is 0 Å². The Morgan fingerprint density at radius 2 is 1.15 bits per heavy atom. The third-order valence-corrected chi connectivity index (χ3v) is 10.9. The van der Waals surface area contributed by atoms with Crippen molar-refractivity contribution in [2.75, 3.05) is 0 Å². The number of benzene rings is 6. The quantitative estimate of drug-likeness (QED) is 0.178. The summed E-state index contributed by atoms with van der Waals surface area (Å²) in [7, 11) is -3.24. The van der Waals surface area contributed by atoms with Gasteiger partial charge in [-0.05, 0) is 29.0 Å². The summed E-state index contributed by atoms with van der Waals surface area (Å²) in [6, 6.07) is 47.1. The summed E-state index contributed by atoms with van der Waals surface area (Å²) in [5, 5.41) is 7.83. The van der Waals surface area contributed by atoms with Crippen LogP contribution in [-0.2, 0) is 4.57 Å². The van der Waals surface area contributed by atoms with Gasteiger partial charge in [-0.2, -0.15) is 0 Å². The summed E-state index contributed by atoms with van der Waals surface area (Å²) in [5.74, 6) is 0. The maximum atomic E-state index is 15.6. The van der Waals surface area contributed by atoms with Crippen molar-refractivity contribution in [3.63, 3.8) is 0 Å². The van der Waals surface area contributed by atoms with Gasteiger partial charge in [0.2, 0.25) is 0 Å². The summed E-state index contributed by atoms with van der Waals surface area (Å²) >= 11 is 0. The molecule has 2 heterocycles. The Labute approximate surface area is 225 Å². The highest BCUT2D eigenvalue weighted by molar-refractivity contribution is 7.85. The molecule has 0 spiro atoms. The molecular formula is C35H23N2OP. The number of rotatable bonds is 3. The molecular weight excluding hydrogens is 495 g/mol. The summed E-state index contributed by atoms with van der Waals surface area (Å²) in [6.45, 7) is 0. The Kier molecular flexibility index (Phi) is 4.79. The third kappa shape index (κ3) is 3.11. The molecule has 8 rings (SSSR count). The molecule has 0 aliphatic carbocycles. The highest BCUT2D eigenvalue weighted by Gasteiger charge is 2.32. The first-order chi connectivity index (χ1) is 19.2. The molecule has 184 valence electrons. The van der Waals surface area contributed by atoms with Crippen molar-refractivity contribution in [1.82, 2.24) is 9.38 Å². The second-order valence-electron chi connectivity index (χ2n) is 9.92. The standard InChI is InChI=1S/C35H23N2OP/c38-39(25-13-3-1-4-14-25,26-15-5-2-6-16-26)32-21-11-12-24-22-23-28-27-17-7-9-19-30(27)37-31-20-10-8-18-29(31)36-35(37)34(28)33(24)32/h1-23H. The Hall–Kier alpha value is -4.72. The van der Waals surface area contributed by atoms with E-state index in [1.54, 1.807) is 0 Å². The molecule has 0 unspecified atom stereocenters. The van der Waals surface area contributed by atoms with E-state index in [-0.39, 0.29) is 0 Å². The largest absolute Gasteiger partial charge is 0.309 e. The molecule has 0 atom stereocenters. The lowest BCUT2D eigenvalue weighted by Crippen LogP contribution is -2.25. The number of para-hydroxylation sites is 3. The van der Waals surface area contributed by atoms with Crippen molar-refractivity contribution in [3.8, 4) is 0 Å². The third-order valence-electron chi connectivity index (χ3n) is 7.82. The molecule has 0 saturated carbocycles. The monoisotopic (exact) mass is 518 g/mol. The van der Waals surface area contributed by atoms with E-state index in [0.717, 1.165) is 65.0 Å². The summed E-state index contributed by atoms with van der Waals surface area (Å²) in [6.07, 6.45) is 0. The van der Waals surface area contributed by atoms with E-state index >= 15 is 4.57 Å². The van der Waals surface area contributed by atoms with Crippen LogP contribution in [0, 0.1) is 0 Å². The fourth-order valence-corrected chi connectivity index (χ4v) is 9.01. The number of pyridine rings is 1. The van der Waals surface area contributed by atoms with Gasteiger partial charge in [0.05, 0.1) is 16.6 Å². The fourth-order valence-electron chi connectivity index (χ4n) is 6.12. The molecule has 0 aliphatic rings. The molecule has 0 amide bonds. The lowest BCUT2D eigenvalue weighted by molar-refractivity contribution is 0.592. The van der Waals surface area contributed by atoms with Gasteiger partial charge in [0.1, 0.15) is 5.65 Å². The normalized spacial score (nSPS) is 12.2. The van der Waals surface area contributed by atoms with Gasteiger partial charge in [0.15, 0.2) is 7.14 Å². The van der Waals surface area contributed by atoms with Crippen molar-refractivity contribution in [2.24, 2.45) is 0 Å².